The predicted molar refractivity (Wildman–Crippen MR) is 87.6 cm³/mol. The number of carbonyl (C=O) groups is 1. The van der Waals surface area contributed by atoms with Crippen molar-refractivity contribution in [3.05, 3.63) is 34.6 Å². The Balaban J connectivity index is 0.00000176. The third-order valence-electron chi connectivity index (χ3n) is 3.34. The molecule has 1 amide bonds. The number of halogens is 2. The van der Waals surface area contributed by atoms with Crippen molar-refractivity contribution in [2.24, 2.45) is 0 Å². The summed E-state index contributed by atoms with van der Waals surface area (Å²) in [7, 11) is 0. The highest BCUT2D eigenvalue weighted by molar-refractivity contribution is 9.10. The van der Waals surface area contributed by atoms with Gasteiger partial charge in [-0.3, -0.25) is 4.79 Å². The molecule has 0 saturated carbocycles. The van der Waals surface area contributed by atoms with Crippen LogP contribution >= 0.6 is 28.3 Å². The number of amides is 1. The lowest BCUT2D eigenvalue weighted by Gasteiger charge is -2.08. The summed E-state index contributed by atoms with van der Waals surface area (Å²) in [6.07, 6.45) is 1.91. The van der Waals surface area contributed by atoms with Crippen molar-refractivity contribution in [3.63, 3.8) is 0 Å². The molecule has 1 saturated heterocycles. The summed E-state index contributed by atoms with van der Waals surface area (Å²) in [6.45, 7) is 1.14. The molecular weight excluding hydrogens is 372 g/mol. The second-order valence-electron chi connectivity index (χ2n) is 4.89. The van der Waals surface area contributed by atoms with E-state index in [-0.39, 0.29) is 30.9 Å². The Hall–Kier alpha value is -1.44. The van der Waals surface area contributed by atoms with Gasteiger partial charge in [0.2, 0.25) is 17.6 Å². The lowest BCUT2D eigenvalue weighted by molar-refractivity contribution is -0.123. The maximum atomic E-state index is 11.9. The molecule has 1 aliphatic heterocycles. The Bertz CT molecular complexity index is 643. The Morgan fingerprint density at radius 2 is 2.36 bits per heavy atom. The van der Waals surface area contributed by atoms with E-state index >= 15 is 0 Å². The van der Waals surface area contributed by atoms with Crippen LogP contribution in [0.4, 0.5) is 0 Å². The lowest BCUT2D eigenvalue weighted by Crippen LogP contribution is -2.40. The minimum atomic E-state index is -0.0996. The number of benzene rings is 1. The van der Waals surface area contributed by atoms with Gasteiger partial charge in [0.05, 0.1) is 12.6 Å². The molecule has 1 aromatic carbocycles. The summed E-state index contributed by atoms with van der Waals surface area (Å²) in [5.41, 5.74) is 0.864. The van der Waals surface area contributed by atoms with Crippen molar-refractivity contribution in [2.75, 3.05) is 6.54 Å². The van der Waals surface area contributed by atoms with E-state index < -0.39 is 0 Å². The van der Waals surface area contributed by atoms with E-state index in [1.54, 1.807) is 0 Å². The van der Waals surface area contributed by atoms with Gasteiger partial charge >= 0.3 is 0 Å². The monoisotopic (exact) mass is 386 g/mol. The normalized spacial score (nSPS) is 17.0. The molecule has 0 spiro atoms. The number of nitrogens with zero attached hydrogens (tertiary/aromatic N) is 2. The lowest BCUT2D eigenvalue weighted by atomic mass is 10.2. The molecular formula is C14H16BrClN4O2. The molecule has 2 heterocycles. The minimum Gasteiger partial charge on any atom is -0.346 e. The molecule has 1 atom stereocenters. The highest BCUT2D eigenvalue weighted by Crippen LogP contribution is 2.20. The van der Waals surface area contributed by atoms with E-state index in [0.717, 1.165) is 29.4 Å². The van der Waals surface area contributed by atoms with Crippen LogP contribution in [-0.2, 0) is 11.3 Å². The number of nitrogens with one attached hydrogen (secondary N) is 2. The Morgan fingerprint density at radius 3 is 3.09 bits per heavy atom. The number of aromatic nitrogens is 2. The molecule has 1 aliphatic rings. The Kier molecular flexibility index (Phi) is 5.93. The molecule has 0 aliphatic carbocycles. The zero-order chi connectivity index (χ0) is 14.7. The standard InChI is InChI=1S/C14H15BrN4O2.ClH/c15-10-4-1-3-9(7-10)13-18-12(21-19-13)8-17-14(20)11-5-2-6-16-11;/h1,3-4,7,11,16H,2,5-6,8H2,(H,17,20);1H. The third kappa shape index (κ3) is 4.06. The summed E-state index contributed by atoms with van der Waals surface area (Å²) in [6, 6.07) is 7.55. The average molecular weight is 388 g/mol. The predicted octanol–water partition coefficient (Wildman–Crippen LogP) is 2.29. The van der Waals surface area contributed by atoms with Crippen LogP contribution in [0.25, 0.3) is 11.4 Å². The molecule has 8 heteroatoms. The van der Waals surface area contributed by atoms with Gasteiger partial charge in [0.25, 0.3) is 0 Å². The molecule has 1 unspecified atom stereocenters. The number of hydrogen-bond acceptors (Lipinski definition) is 5. The van der Waals surface area contributed by atoms with Gasteiger partial charge in [-0.15, -0.1) is 12.4 Å². The average Bonchev–Trinajstić information content (AvgIpc) is 3.16. The summed E-state index contributed by atoms with van der Waals surface area (Å²) < 4.78 is 6.11. The maximum absolute atomic E-state index is 11.9. The van der Waals surface area contributed by atoms with Crippen molar-refractivity contribution in [1.82, 2.24) is 20.8 Å². The topological polar surface area (TPSA) is 80.1 Å². The van der Waals surface area contributed by atoms with Crippen molar-refractivity contribution >= 4 is 34.2 Å². The van der Waals surface area contributed by atoms with Crippen LogP contribution in [0.1, 0.15) is 18.7 Å². The molecule has 118 valence electrons. The number of carbonyl (C=O) groups excluding carboxylic acids is 1. The van der Waals surface area contributed by atoms with Gasteiger partial charge in [0.1, 0.15) is 0 Å². The summed E-state index contributed by atoms with van der Waals surface area (Å²) in [5, 5.41) is 9.89. The molecule has 0 bridgehead atoms. The van der Waals surface area contributed by atoms with E-state index in [2.05, 4.69) is 36.7 Å². The highest BCUT2D eigenvalue weighted by atomic mass is 79.9. The molecule has 22 heavy (non-hydrogen) atoms. The molecule has 2 aromatic rings. The zero-order valence-electron chi connectivity index (χ0n) is 11.7. The van der Waals surface area contributed by atoms with Crippen molar-refractivity contribution in [3.8, 4) is 11.4 Å². The van der Waals surface area contributed by atoms with Crippen LogP contribution in [-0.4, -0.2) is 28.6 Å². The fourth-order valence-electron chi connectivity index (χ4n) is 2.27. The first-order chi connectivity index (χ1) is 10.2. The van der Waals surface area contributed by atoms with Crippen LogP contribution in [0.5, 0.6) is 0 Å². The van der Waals surface area contributed by atoms with Crippen LogP contribution in [0.15, 0.2) is 33.3 Å². The maximum Gasteiger partial charge on any atom is 0.246 e. The number of hydrogen-bond donors (Lipinski definition) is 2. The van der Waals surface area contributed by atoms with Crippen LogP contribution in [0.2, 0.25) is 0 Å². The molecule has 1 aromatic heterocycles. The molecule has 0 radical (unpaired) electrons. The third-order valence-corrected chi connectivity index (χ3v) is 3.83. The molecule has 1 fully saturated rings. The smallest absolute Gasteiger partial charge is 0.246 e. The first-order valence-corrected chi connectivity index (χ1v) is 7.61. The Morgan fingerprint density at radius 1 is 1.50 bits per heavy atom. The summed E-state index contributed by atoms with van der Waals surface area (Å²) in [5.74, 6) is 0.894. The van der Waals surface area contributed by atoms with E-state index in [0.29, 0.717) is 11.7 Å². The highest BCUT2D eigenvalue weighted by Gasteiger charge is 2.22. The van der Waals surface area contributed by atoms with Gasteiger partial charge < -0.3 is 15.2 Å². The first-order valence-electron chi connectivity index (χ1n) is 6.82. The van der Waals surface area contributed by atoms with Crippen LogP contribution in [0.3, 0.4) is 0 Å². The van der Waals surface area contributed by atoms with Crippen molar-refractivity contribution in [1.29, 1.82) is 0 Å². The molecule has 3 rings (SSSR count). The van der Waals surface area contributed by atoms with Gasteiger partial charge in [0, 0.05) is 10.0 Å². The molecule has 2 N–H and O–H groups in total. The zero-order valence-corrected chi connectivity index (χ0v) is 14.1. The minimum absolute atomic E-state index is 0. The quantitative estimate of drug-likeness (QED) is 0.841. The largest absolute Gasteiger partial charge is 0.346 e. The summed E-state index contributed by atoms with van der Waals surface area (Å²) >= 11 is 3.40. The Labute approximate surface area is 142 Å². The van der Waals surface area contributed by atoms with Crippen molar-refractivity contribution < 1.29 is 9.32 Å². The SMILES string of the molecule is Cl.O=C(NCc1nc(-c2cccc(Br)c2)no1)C1CCCN1. The van der Waals surface area contributed by atoms with E-state index in [1.807, 2.05) is 24.3 Å². The van der Waals surface area contributed by atoms with E-state index in [9.17, 15) is 4.79 Å². The summed E-state index contributed by atoms with van der Waals surface area (Å²) in [4.78, 5) is 16.2. The van der Waals surface area contributed by atoms with Gasteiger partial charge in [-0.25, -0.2) is 0 Å². The van der Waals surface area contributed by atoms with Crippen molar-refractivity contribution in [2.45, 2.75) is 25.4 Å². The second kappa shape index (κ2) is 7.71. The van der Waals surface area contributed by atoms with Gasteiger partial charge in [-0.2, -0.15) is 4.98 Å². The van der Waals surface area contributed by atoms with Crippen LogP contribution in [0, 0.1) is 0 Å². The fourth-order valence-corrected chi connectivity index (χ4v) is 2.66. The van der Waals surface area contributed by atoms with Gasteiger partial charge in [-0.1, -0.05) is 33.2 Å². The fraction of sp³-hybridized carbons (Fsp3) is 0.357. The van der Waals surface area contributed by atoms with E-state index in [4.69, 9.17) is 4.52 Å². The first kappa shape index (κ1) is 16.9. The van der Waals surface area contributed by atoms with Gasteiger partial charge in [-0.05, 0) is 31.5 Å². The molecule has 6 nitrogen and oxygen atoms in total. The second-order valence-corrected chi connectivity index (χ2v) is 5.80. The van der Waals surface area contributed by atoms with Crippen LogP contribution < -0.4 is 10.6 Å². The number of rotatable bonds is 4. The van der Waals surface area contributed by atoms with E-state index in [1.165, 1.54) is 0 Å². The van der Waals surface area contributed by atoms with Gasteiger partial charge in [0.15, 0.2) is 0 Å².